The highest BCUT2D eigenvalue weighted by molar-refractivity contribution is 5.32. The normalized spacial score (nSPS) is 14.6. The lowest BCUT2D eigenvalue weighted by atomic mass is 10.0. The average molecular weight is 228 g/mol. The number of halogens is 1. The number of hydrogen-bond donors (Lipinski definition) is 1. The molecule has 90 valence electrons. The van der Waals surface area contributed by atoms with Crippen LogP contribution >= 0.6 is 0 Å². The SMILES string of the molecule is CCC(OC)C(O)c1cccc(OC)c1F. The number of ether oxygens (including phenoxy) is 2. The summed E-state index contributed by atoms with van der Waals surface area (Å²) in [5.41, 5.74) is 0.202. The summed E-state index contributed by atoms with van der Waals surface area (Å²) in [6.07, 6.45) is -0.791. The number of benzene rings is 1. The van der Waals surface area contributed by atoms with Gasteiger partial charge < -0.3 is 14.6 Å². The van der Waals surface area contributed by atoms with Crippen molar-refractivity contribution < 1.29 is 19.0 Å². The molecule has 0 aliphatic carbocycles. The lowest BCUT2D eigenvalue weighted by Crippen LogP contribution is -2.21. The summed E-state index contributed by atoms with van der Waals surface area (Å²) in [5.74, 6) is -0.407. The number of aliphatic hydroxyl groups is 1. The van der Waals surface area contributed by atoms with Crippen LogP contribution in [0.1, 0.15) is 25.0 Å². The molecule has 0 aromatic heterocycles. The van der Waals surface area contributed by atoms with E-state index in [4.69, 9.17) is 9.47 Å². The molecule has 1 rings (SSSR count). The Labute approximate surface area is 94.8 Å². The minimum Gasteiger partial charge on any atom is -0.494 e. The molecule has 3 nitrogen and oxygen atoms in total. The van der Waals surface area contributed by atoms with Gasteiger partial charge in [0.2, 0.25) is 0 Å². The molecule has 0 saturated heterocycles. The number of rotatable bonds is 5. The Hall–Kier alpha value is -1.13. The number of methoxy groups -OCH3 is 2. The molecule has 0 radical (unpaired) electrons. The highest BCUT2D eigenvalue weighted by atomic mass is 19.1. The maximum atomic E-state index is 13.8. The molecule has 2 atom stereocenters. The van der Waals surface area contributed by atoms with Gasteiger partial charge >= 0.3 is 0 Å². The van der Waals surface area contributed by atoms with Crippen molar-refractivity contribution in [2.45, 2.75) is 25.6 Å². The van der Waals surface area contributed by atoms with E-state index in [1.165, 1.54) is 26.4 Å². The standard InChI is InChI=1S/C12H17FO3/c1-4-9(15-2)12(14)8-6-5-7-10(16-3)11(8)13/h5-7,9,12,14H,4H2,1-3H3. The molecule has 1 aromatic carbocycles. The van der Waals surface area contributed by atoms with Crippen LogP contribution in [0.4, 0.5) is 4.39 Å². The molecule has 0 aliphatic heterocycles. The summed E-state index contributed by atoms with van der Waals surface area (Å²) in [6.45, 7) is 1.87. The van der Waals surface area contributed by atoms with E-state index in [1.807, 2.05) is 6.92 Å². The summed E-state index contributed by atoms with van der Waals surface area (Å²) >= 11 is 0. The van der Waals surface area contributed by atoms with Crippen molar-refractivity contribution in [2.75, 3.05) is 14.2 Å². The topological polar surface area (TPSA) is 38.7 Å². The van der Waals surface area contributed by atoms with Gasteiger partial charge in [-0.05, 0) is 12.5 Å². The molecule has 0 heterocycles. The molecule has 0 amide bonds. The first-order chi connectivity index (χ1) is 7.65. The van der Waals surface area contributed by atoms with Gasteiger partial charge in [0.15, 0.2) is 11.6 Å². The minimum absolute atomic E-state index is 0.127. The average Bonchev–Trinajstić information content (AvgIpc) is 2.30. The summed E-state index contributed by atoms with van der Waals surface area (Å²) in [5, 5.41) is 9.96. The van der Waals surface area contributed by atoms with E-state index in [1.54, 1.807) is 6.07 Å². The summed E-state index contributed by atoms with van der Waals surface area (Å²) in [6, 6.07) is 4.69. The largest absolute Gasteiger partial charge is 0.494 e. The van der Waals surface area contributed by atoms with Crippen molar-refractivity contribution in [3.63, 3.8) is 0 Å². The van der Waals surface area contributed by atoms with Crippen LogP contribution in [0.2, 0.25) is 0 Å². The van der Waals surface area contributed by atoms with Crippen LogP contribution in [-0.2, 0) is 4.74 Å². The Bertz CT molecular complexity index is 337. The Morgan fingerprint density at radius 2 is 2.06 bits per heavy atom. The molecule has 16 heavy (non-hydrogen) atoms. The lowest BCUT2D eigenvalue weighted by Gasteiger charge is -2.21. The minimum atomic E-state index is -0.981. The molecule has 2 unspecified atom stereocenters. The van der Waals surface area contributed by atoms with Crippen LogP contribution in [0, 0.1) is 5.82 Å². The fourth-order valence-electron chi connectivity index (χ4n) is 1.63. The molecule has 0 fully saturated rings. The second-order valence-corrected chi connectivity index (χ2v) is 3.49. The molecule has 0 spiro atoms. The molecular formula is C12H17FO3. The van der Waals surface area contributed by atoms with Gasteiger partial charge in [0, 0.05) is 12.7 Å². The van der Waals surface area contributed by atoms with E-state index in [-0.39, 0.29) is 11.3 Å². The molecule has 0 saturated carbocycles. The first-order valence-corrected chi connectivity index (χ1v) is 5.18. The number of aliphatic hydroxyl groups excluding tert-OH is 1. The summed E-state index contributed by atoms with van der Waals surface area (Å²) in [4.78, 5) is 0. The lowest BCUT2D eigenvalue weighted by molar-refractivity contribution is -0.0166. The number of hydrogen-bond acceptors (Lipinski definition) is 3. The van der Waals surface area contributed by atoms with Crippen molar-refractivity contribution >= 4 is 0 Å². The van der Waals surface area contributed by atoms with Gasteiger partial charge in [-0.3, -0.25) is 0 Å². The third-order valence-corrected chi connectivity index (χ3v) is 2.59. The third-order valence-electron chi connectivity index (χ3n) is 2.59. The Balaban J connectivity index is 3.03. The van der Waals surface area contributed by atoms with E-state index < -0.39 is 18.0 Å². The van der Waals surface area contributed by atoms with Crippen LogP contribution in [0.25, 0.3) is 0 Å². The fraction of sp³-hybridized carbons (Fsp3) is 0.500. The van der Waals surface area contributed by atoms with Gasteiger partial charge in [-0.25, -0.2) is 4.39 Å². The second kappa shape index (κ2) is 5.82. The van der Waals surface area contributed by atoms with Crippen LogP contribution < -0.4 is 4.74 Å². The zero-order valence-corrected chi connectivity index (χ0v) is 9.74. The maximum Gasteiger partial charge on any atom is 0.170 e. The van der Waals surface area contributed by atoms with Gasteiger partial charge in [0.1, 0.15) is 6.10 Å². The van der Waals surface area contributed by atoms with E-state index in [2.05, 4.69) is 0 Å². The zero-order chi connectivity index (χ0) is 12.1. The molecule has 0 aliphatic rings. The van der Waals surface area contributed by atoms with E-state index >= 15 is 0 Å². The van der Waals surface area contributed by atoms with Crippen LogP contribution in [-0.4, -0.2) is 25.4 Å². The Morgan fingerprint density at radius 1 is 1.38 bits per heavy atom. The van der Waals surface area contributed by atoms with Gasteiger partial charge in [-0.2, -0.15) is 0 Å². The molecule has 0 bridgehead atoms. The van der Waals surface area contributed by atoms with Crippen LogP contribution in [0.5, 0.6) is 5.75 Å². The first kappa shape index (κ1) is 12.9. The van der Waals surface area contributed by atoms with Crippen molar-refractivity contribution in [3.8, 4) is 5.75 Å². The van der Waals surface area contributed by atoms with Crippen molar-refractivity contribution in [1.29, 1.82) is 0 Å². The van der Waals surface area contributed by atoms with Crippen molar-refractivity contribution in [1.82, 2.24) is 0 Å². The third kappa shape index (κ3) is 2.51. The van der Waals surface area contributed by atoms with Gasteiger partial charge in [0.25, 0.3) is 0 Å². The summed E-state index contributed by atoms with van der Waals surface area (Å²) < 4.78 is 23.8. The maximum absolute atomic E-state index is 13.8. The van der Waals surface area contributed by atoms with Crippen LogP contribution in [0.3, 0.4) is 0 Å². The highest BCUT2D eigenvalue weighted by Crippen LogP contribution is 2.28. The molecular weight excluding hydrogens is 211 g/mol. The monoisotopic (exact) mass is 228 g/mol. The Kier molecular flexibility index (Phi) is 4.71. The first-order valence-electron chi connectivity index (χ1n) is 5.18. The van der Waals surface area contributed by atoms with E-state index in [0.717, 1.165) is 0 Å². The van der Waals surface area contributed by atoms with Gasteiger partial charge in [0.05, 0.1) is 13.2 Å². The summed E-state index contributed by atoms with van der Waals surface area (Å²) in [7, 11) is 2.89. The van der Waals surface area contributed by atoms with Crippen molar-refractivity contribution in [3.05, 3.63) is 29.6 Å². The zero-order valence-electron chi connectivity index (χ0n) is 9.74. The van der Waals surface area contributed by atoms with Gasteiger partial charge in [-0.15, -0.1) is 0 Å². The molecule has 1 N–H and O–H groups in total. The fourth-order valence-corrected chi connectivity index (χ4v) is 1.63. The van der Waals surface area contributed by atoms with E-state index in [0.29, 0.717) is 6.42 Å². The van der Waals surface area contributed by atoms with Crippen LogP contribution in [0.15, 0.2) is 18.2 Å². The van der Waals surface area contributed by atoms with Gasteiger partial charge in [-0.1, -0.05) is 19.1 Å². The highest BCUT2D eigenvalue weighted by Gasteiger charge is 2.23. The molecule has 4 heteroatoms. The quantitative estimate of drug-likeness (QED) is 0.840. The predicted octanol–water partition coefficient (Wildman–Crippen LogP) is 2.29. The smallest absolute Gasteiger partial charge is 0.170 e. The van der Waals surface area contributed by atoms with E-state index in [9.17, 15) is 9.50 Å². The Morgan fingerprint density at radius 3 is 2.56 bits per heavy atom. The van der Waals surface area contributed by atoms with Crippen molar-refractivity contribution in [2.24, 2.45) is 0 Å². The second-order valence-electron chi connectivity index (χ2n) is 3.49. The molecule has 1 aromatic rings. The predicted molar refractivity (Wildman–Crippen MR) is 59.0 cm³/mol.